The topological polar surface area (TPSA) is 104 Å². The second-order valence-corrected chi connectivity index (χ2v) is 6.69. The standard InChI is InChI=1S/C19H16N4O3S/c1-2-6-14-10-9-13(11-20)18(21-14)27-12-16(24)17-19(25)26-22-23(17)15-7-4-3-5-8-15/h3-5,7-10H,2,6,12H2,1H3/p+1. The van der Waals surface area contributed by atoms with Gasteiger partial charge in [0.25, 0.3) is 0 Å². The number of aromatic amines is 1. The van der Waals surface area contributed by atoms with Gasteiger partial charge >= 0.3 is 11.3 Å². The Balaban J connectivity index is 1.84. The highest BCUT2D eigenvalue weighted by Gasteiger charge is 2.30. The van der Waals surface area contributed by atoms with Crippen LogP contribution < -0.4 is 10.3 Å². The number of aromatic nitrogens is 3. The summed E-state index contributed by atoms with van der Waals surface area (Å²) in [4.78, 5) is 29.1. The Morgan fingerprint density at radius 1 is 1.30 bits per heavy atom. The molecule has 2 heterocycles. The Kier molecular flexibility index (Phi) is 5.84. The Hall–Kier alpha value is -3.18. The van der Waals surface area contributed by atoms with E-state index >= 15 is 0 Å². The molecular formula is C19H17N4O3S+. The van der Waals surface area contributed by atoms with E-state index in [1.165, 1.54) is 4.68 Å². The Morgan fingerprint density at radius 3 is 2.78 bits per heavy atom. The number of nitrogens with one attached hydrogen (secondary N) is 1. The van der Waals surface area contributed by atoms with Crippen LogP contribution in [0.4, 0.5) is 0 Å². The molecule has 0 radical (unpaired) electrons. The first-order valence-corrected chi connectivity index (χ1v) is 9.37. The molecular weight excluding hydrogens is 364 g/mol. The van der Waals surface area contributed by atoms with E-state index in [4.69, 9.17) is 4.52 Å². The minimum Gasteiger partial charge on any atom is -0.286 e. The molecule has 3 aromatic rings. The number of nitrogens with zero attached hydrogens (tertiary/aromatic N) is 3. The summed E-state index contributed by atoms with van der Waals surface area (Å²) in [5, 5.41) is 12.2. The third-order valence-corrected chi connectivity index (χ3v) is 4.80. The van der Waals surface area contributed by atoms with Gasteiger partial charge in [0.2, 0.25) is 11.5 Å². The van der Waals surface area contributed by atoms with Crippen molar-refractivity contribution in [2.24, 2.45) is 0 Å². The van der Waals surface area contributed by atoms with Gasteiger partial charge in [-0.05, 0) is 28.5 Å². The van der Waals surface area contributed by atoms with Gasteiger partial charge in [-0.1, -0.05) is 43.3 Å². The number of hydrogen-bond acceptors (Lipinski definition) is 6. The van der Waals surface area contributed by atoms with Gasteiger partial charge in [-0.25, -0.2) is 9.78 Å². The van der Waals surface area contributed by atoms with E-state index in [9.17, 15) is 14.9 Å². The van der Waals surface area contributed by atoms with Gasteiger partial charge in [0.05, 0.1) is 11.3 Å². The van der Waals surface area contributed by atoms with Gasteiger partial charge in [-0.15, -0.1) is 0 Å². The number of aryl methyl sites for hydroxylation is 1. The zero-order valence-corrected chi connectivity index (χ0v) is 15.5. The number of pyridine rings is 1. The molecule has 0 spiro atoms. The van der Waals surface area contributed by atoms with E-state index in [1.807, 2.05) is 19.1 Å². The molecule has 0 aliphatic carbocycles. The van der Waals surface area contributed by atoms with E-state index in [1.54, 1.807) is 30.3 Å². The van der Waals surface area contributed by atoms with Crippen molar-refractivity contribution in [1.82, 2.24) is 10.3 Å². The number of hydrogen-bond donors (Lipinski definition) is 1. The van der Waals surface area contributed by atoms with Crippen molar-refractivity contribution in [3.63, 3.8) is 0 Å². The van der Waals surface area contributed by atoms with Gasteiger partial charge < -0.3 is 0 Å². The molecule has 0 saturated carbocycles. The van der Waals surface area contributed by atoms with Gasteiger partial charge in [-0.2, -0.15) is 5.26 Å². The number of H-pyrrole nitrogens is 1. The number of para-hydroxylation sites is 1. The van der Waals surface area contributed by atoms with Crippen LogP contribution in [-0.4, -0.2) is 21.8 Å². The van der Waals surface area contributed by atoms with Crippen LogP contribution in [0.25, 0.3) is 5.69 Å². The molecule has 3 rings (SSSR count). The maximum absolute atomic E-state index is 12.7. The quantitative estimate of drug-likeness (QED) is 0.383. The van der Waals surface area contributed by atoms with Crippen LogP contribution in [0.1, 0.15) is 35.1 Å². The monoisotopic (exact) mass is 381 g/mol. The van der Waals surface area contributed by atoms with Crippen LogP contribution in [-0.2, 0) is 6.42 Å². The molecule has 0 aliphatic heterocycles. The summed E-state index contributed by atoms with van der Waals surface area (Å²) in [5.74, 6) is -0.447. The molecule has 0 fully saturated rings. The molecule has 27 heavy (non-hydrogen) atoms. The number of carbonyl (C=O) groups is 1. The van der Waals surface area contributed by atoms with Crippen molar-refractivity contribution < 1.29 is 14.0 Å². The van der Waals surface area contributed by atoms with E-state index in [-0.39, 0.29) is 11.4 Å². The summed E-state index contributed by atoms with van der Waals surface area (Å²) in [6.07, 6.45) is 1.73. The van der Waals surface area contributed by atoms with Crippen LogP contribution in [0.3, 0.4) is 0 Å². The third-order valence-electron chi connectivity index (χ3n) is 3.81. The average Bonchev–Trinajstić information content (AvgIpc) is 3.09. The van der Waals surface area contributed by atoms with Gasteiger partial charge in [0, 0.05) is 17.8 Å². The van der Waals surface area contributed by atoms with Crippen molar-refractivity contribution in [2.75, 3.05) is 5.75 Å². The van der Waals surface area contributed by atoms with Gasteiger partial charge in [-0.3, -0.25) is 9.32 Å². The highest BCUT2D eigenvalue weighted by molar-refractivity contribution is 8.00. The smallest absolute Gasteiger partial charge is 0.286 e. The fourth-order valence-corrected chi connectivity index (χ4v) is 3.40. The summed E-state index contributed by atoms with van der Waals surface area (Å²) in [6.45, 7) is 2.05. The number of thioether (sulfide) groups is 1. The molecule has 2 aromatic heterocycles. The lowest BCUT2D eigenvalue weighted by molar-refractivity contribution is -0.672. The van der Waals surface area contributed by atoms with Crippen LogP contribution >= 0.6 is 11.8 Å². The molecule has 0 saturated heterocycles. The number of Topliss-reactive ketones (excluding diaryl/α,β-unsaturated/α-hetero) is 1. The molecule has 1 N–H and O–H groups in total. The Labute approximate surface area is 159 Å². The second-order valence-electron chi connectivity index (χ2n) is 5.73. The molecule has 136 valence electrons. The third kappa shape index (κ3) is 4.15. The van der Waals surface area contributed by atoms with Crippen molar-refractivity contribution in [3.8, 4) is 11.8 Å². The summed E-state index contributed by atoms with van der Waals surface area (Å²) in [5.41, 5.74) is 1.05. The molecule has 0 atom stereocenters. The van der Waals surface area contributed by atoms with E-state index < -0.39 is 11.4 Å². The fraction of sp³-hybridized carbons (Fsp3) is 0.211. The lowest BCUT2D eigenvalue weighted by Gasteiger charge is -2.04. The predicted molar refractivity (Wildman–Crippen MR) is 98.9 cm³/mol. The largest absolute Gasteiger partial charge is 0.438 e. The van der Waals surface area contributed by atoms with Crippen LogP contribution in [0.5, 0.6) is 0 Å². The maximum Gasteiger partial charge on any atom is 0.438 e. The first kappa shape index (κ1) is 18.6. The fourth-order valence-electron chi connectivity index (χ4n) is 2.54. The minimum atomic E-state index is -0.738. The van der Waals surface area contributed by atoms with Crippen LogP contribution in [0, 0.1) is 11.3 Å². The maximum atomic E-state index is 12.7. The minimum absolute atomic E-state index is 0.0350. The number of rotatable bonds is 7. The lowest BCUT2D eigenvalue weighted by Crippen LogP contribution is -2.41. The molecule has 0 aliphatic rings. The van der Waals surface area contributed by atoms with Crippen molar-refractivity contribution in [1.29, 1.82) is 5.26 Å². The average molecular weight is 381 g/mol. The Morgan fingerprint density at radius 2 is 2.07 bits per heavy atom. The highest BCUT2D eigenvalue weighted by atomic mass is 32.2. The summed E-state index contributed by atoms with van der Waals surface area (Å²) in [6, 6.07) is 14.5. The van der Waals surface area contributed by atoms with Gasteiger partial charge in [0.1, 0.15) is 11.1 Å². The SMILES string of the molecule is CCCc1ccc(C#N)c(SCC(=O)c2c(=O)o[nH][n+]2-c2ccccc2)n1. The summed E-state index contributed by atoms with van der Waals surface area (Å²) < 4.78 is 6.12. The number of nitriles is 1. The zero-order valence-electron chi connectivity index (χ0n) is 14.6. The van der Waals surface area contributed by atoms with Gasteiger partial charge in [0.15, 0.2) is 0 Å². The molecule has 8 heteroatoms. The van der Waals surface area contributed by atoms with Crippen molar-refractivity contribution in [3.05, 3.63) is 69.8 Å². The van der Waals surface area contributed by atoms with Crippen LogP contribution in [0.15, 0.2) is 56.8 Å². The summed E-state index contributed by atoms with van der Waals surface area (Å²) >= 11 is 1.14. The Bertz CT molecular complexity index is 1050. The van der Waals surface area contributed by atoms with Crippen LogP contribution in [0.2, 0.25) is 0 Å². The van der Waals surface area contributed by atoms with E-state index in [0.717, 1.165) is 30.3 Å². The normalized spacial score (nSPS) is 10.5. The molecule has 0 amide bonds. The zero-order chi connectivity index (χ0) is 19.2. The first-order chi connectivity index (χ1) is 13.1. The molecule has 7 nitrogen and oxygen atoms in total. The first-order valence-electron chi connectivity index (χ1n) is 8.39. The molecule has 0 unspecified atom stereocenters. The van der Waals surface area contributed by atoms with E-state index in [2.05, 4.69) is 16.3 Å². The molecule has 0 bridgehead atoms. The number of ketones is 1. The number of benzene rings is 1. The summed E-state index contributed by atoms with van der Waals surface area (Å²) in [7, 11) is 0. The highest BCUT2D eigenvalue weighted by Crippen LogP contribution is 2.21. The lowest BCUT2D eigenvalue weighted by atomic mass is 10.2. The predicted octanol–water partition coefficient (Wildman–Crippen LogP) is 2.44. The van der Waals surface area contributed by atoms with Crippen molar-refractivity contribution >= 4 is 17.5 Å². The van der Waals surface area contributed by atoms with Crippen molar-refractivity contribution in [2.45, 2.75) is 24.8 Å². The number of carbonyl (C=O) groups excluding carboxylic acids is 1. The molecule has 1 aromatic carbocycles. The van der Waals surface area contributed by atoms with E-state index in [0.29, 0.717) is 16.3 Å². The second kappa shape index (κ2) is 8.47.